The molecule has 0 bridgehead atoms. The minimum absolute atomic E-state index is 0.162. The lowest BCUT2D eigenvalue weighted by atomic mass is 9.70. The van der Waals surface area contributed by atoms with Gasteiger partial charge in [-0.2, -0.15) is 0 Å². The van der Waals surface area contributed by atoms with Crippen LogP contribution >= 0.6 is 0 Å². The molecule has 1 heterocycles. The fraction of sp³-hybridized carbons (Fsp3) is 0.333. The summed E-state index contributed by atoms with van der Waals surface area (Å²) < 4.78 is 0. The summed E-state index contributed by atoms with van der Waals surface area (Å²) in [4.78, 5) is 2.58. The maximum atomic E-state index is 2.60. The van der Waals surface area contributed by atoms with E-state index in [2.05, 4.69) is 116 Å². The first-order valence-electron chi connectivity index (χ1n) is 15.5. The Bertz CT molecular complexity index is 1600. The van der Waals surface area contributed by atoms with E-state index in [-0.39, 0.29) is 5.41 Å². The van der Waals surface area contributed by atoms with Crippen LogP contribution < -0.4 is 4.90 Å². The molecule has 0 amide bonds. The van der Waals surface area contributed by atoms with Crippen LogP contribution in [0.5, 0.6) is 0 Å². The van der Waals surface area contributed by atoms with Crippen molar-refractivity contribution in [3.63, 3.8) is 0 Å². The van der Waals surface area contributed by atoms with Gasteiger partial charge in [-0.25, -0.2) is 0 Å². The van der Waals surface area contributed by atoms with Crippen molar-refractivity contribution < 1.29 is 0 Å². The number of nitrogens with zero attached hydrogens (tertiary/aromatic N) is 1. The molecule has 8 rings (SSSR count). The number of para-hydroxylation sites is 1. The molecule has 0 aromatic heterocycles. The van der Waals surface area contributed by atoms with E-state index >= 15 is 0 Å². The van der Waals surface area contributed by atoms with E-state index in [1.54, 1.807) is 27.9 Å². The zero-order valence-electron chi connectivity index (χ0n) is 23.9. The van der Waals surface area contributed by atoms with Gasteiger partial charge in [0.05, 0.1) is 6.04 Å². The molecule has 3 unspecified atom stereocenters. The van der Waals surface area contributed by atoms with Crippen molar-refractivity contribution in [2.24, 2.45) is 11.3 Å². The number of hydrogen-bond donors (Lipinski definition) is 0. The summed E-state index contributed by atoms with van der Waals surface area (Å²) in [6.07, 6.45) is 37.1. The largest absolute Gasteiger partial charge is 0.334 e. The highest BCUT2D eigenvalue weighted by molar-refractivity contribution is 5.72. The van der Waals surface area contributed by atoms with Crippen LogP contribution in [0.25, 0.3) is 0 Å². The highest BCUT2D eigenvalue weighted by Crippen LogP contribution is 2.58. The predicted molar refractivity (Wildman–Crippen MR) is 168 cm³/mol. The number of anilines is 1. The normalized spacial score (nSPS) is 29.4. The number of rotatable bonds is 3. The predicted octanol–water partition coefficient (Wildman–Crippen LogP) is 9.89. The lowest BCUT2D eigenvalue weighted by molar-refractivity contribution is 0.331. The quantitative estimate of drug-likeness (QED) is 0.382. The Balaban J connectivity index is 1.13. The van der Waals surface area contributed by atoms with Gasteiger partial charge < -0.3 is 4.90 Å². The highest BCUT2D eigenvalue weighted by atomic mass is 15.2. The molecule has 40 heavy (non-hydrogen) atoms. The fourth-order valence-electron chi connectivity index (χ4n) is 8.43. The summed E-state index contributed by atoms with van der Waals surface area (Å²) in [5.74, 6) is 0.988. The van der Waals surface area contributed by atoms with Gasteiger partial charge in [0.25, 0.3) is 0 Å². The SMILES string of the molecule is CC1(C)C2=C(CCC(C3=CC4c5ccccc5N(C5=CCCC=C5)C4C=C3)=C2)C2=CC=C(C3=CC=CCC3)CC21. The third-order valence-corrected chi connectivity index (χ3v) is 10.6. The van der Waals surface area contributed by atoms with Crippen molar-refractivity contribution in [2.45, 2.75) is 70.8 Å². The zero-order valence-corrected chi connectivity index (χ0v) is 23.9. The van der Waals surface area contributed by atoms with Gasteiger partial charge in [0.2, 0.25) is 0 Å². The van der Waals surface area contributed by atoms with Gasteiger partial charge in [0.15, 0.2) is 0 Å². The van der Waals surface area contributed by atoms with Crippen LogP contribution in [0.3, 0.4) is 0 Å². The molecule has 200 valence electrons. The minimum atomic E-state index is 0.162. The first kappa shape index (κ1) is 24.2. The molecule has 1 nitrogen and oxygen atoms in total. The summed E-state index contributed by atoms with van der Waals surface area (Å²) in [6.45, 7) is 5.01. The lowest BCUT2D eigenvalue weighted by Gasteiger charge is -2.34. The fourth-order valence-corrected chi connectivity index (χ4v) is 8.43. The average Bonchev–Trinajstić information content (AvgIpc) is 3.46. The summed E-state index contributed by atoms with van der Waals surface area (Å²) in [5, 5.41) is 0. The Morgan fingerprint density at radius 1 is 0.850 bits per heavy atom. The number of hydrogen-bond acceptors (Lipinski definition) is 1. The Morgan fingerprint density at radius 2 is 1.77 bits per heavy atom. The van der Waals surface area contributed by atoms with E-state index in [4.69, 9.17) is 0 Å². The smallest absolute Gasteiger partial charge is 0.0629 e. The molecule has 1 aromatic carbocycles. The highest BCUT2D eigenvalue weighted by Gasteiger charge is 2.46. The van der Waals surface area contributed by atoms with Crippen molar-refractivity contribution in [1.29, 1.82) is 0 Å². The Morgan fingerprint density at radius 3 is 2.62 bits per heavy atom. The first-order valence-corrected chi connectivity index (χ1v) is 15.5. The second kappa shape index (κ2) is 9.23. The third kappa shape index (κ3) is 3.66. The number of allylic oxidation sites excluding steroid dienone is 17. The molecular formula is C39H39N. The van der Waals surface area contributed by atoms with Crippen molar-refractivity contribution >= 4 is 5.69 Å². The van der Waals surface area contributed by atoms with Crippen molar-refractivity contribution in [2.75, 3.05) is 4.90 Å². The molecule has 1 heteroatoms. The molecule has 0 fully saturated rings. The van der Waals surface area contributed by atoms with Crippen molar-refractivity contribution in [1.82, 2.24) is 0 Å². The standard InChI is InChI=1S/C39H39N/c1-39(2)35-24-28(26-11-5-3-6-12-26)17-20-31(35)32-21-18-29(25-36(32)39)27-19-22-38-34(23-27)33-15-9-10-16-37(33)40(38)30-13-7-4-8-14-30/h3,5,7,9-11,13-17,19-20,22-23,25,34-35,38H,4,6,8,12,18,21,24H2,1-2H3. The first-order chi connectivity index (χ1) is 19.6. The maximum absolute atomic E-state index is 2.60. The van der Waals surface area contributed by atoms with E-state index in [0.29, 0.717) is 17.9 Å². The summed E-state index contributed by atoms with van der Waals surface area (Å²) >= 11 is 0. The Labute approximate surface area is 239 Å². The Hall–Kier alpha value is -3.58. The molecule has 7 aliphatic rings. The van der Waals surface area contributed by atoms with Crippen LogP contribution in [0.2, 0.25) is 0 Å². The summed E-state index contributed by atoms with van der Waals surface area (Å²) in [6, 6.07) is 9.43. The van der Waals surface area contributed by atoms with Crippen LogP contribution in [0.15, 0.2) is 142 Å². The van der Waals surface area contributed by atoms with Crippen LogP contribution in [0, 0.1) is 11.3 Å². The topological polar surface area (TPSA) is 3.24 Å². The van der Waals surface area contributed by atoms with Gasteiger partial charge in [-0.3, -0.25) is 0 Å². The summed E-state index contributed by atoms with van der Waals surface area (Å²) in [5.41, 5.74) is 15.3. The van der Waals surface area contributed by atoms with E-state index in [9.17, 15) is 0 Å². The van der Waals surface area contributed by atoms with Crippen LogP contribution in [0.1, 0.15) is 70.3 Å². The summed E-state index contributed by atoms with van der Waals surface area (Å²) in [7, 11) is 0. The van der Waals surface area contributed by atoms with Gasteiger partial charge >= 0.3 is 0 Å². The van der Waals surface area contributed by atoms with Crippen LogP contribution in [-0.2, 0) is 0 Å². The molecule has 0 saturated carbocycles. The third-order valence-electron chi connectivity index (χ3n) is 10.6. The van der Waals surface area contributed by atoms with Gasteiger partial charge in [-0.15, -0.1) is 0 Å². The van der Waals surface area contributed by atoms with Gasteiger partial charge in [0, 0.05) is 17.3 Å². The van der Waals surface area contributed by atoms with Crippen molar-refractivity contribution in [3.8, 4) is 0 Å². The monoisotopic (exact) mass is 521 g/mol. The molecular weight excluding hydrogens is 482 g/mol. The second-order valence-electron chi connectivity index (χ2n) is 13.0. The van der Waals surface area contributed by atoms with Gasteiger partial charge in [0.1, 0.15) is 0 Å². The molecule has 1 aromatic rings. The van der Waals surface area contributed by atoms with E-state index in [1.807, 2.05) is 0 Å². The molecule has 6 aliphatic carbocycles. The molecule has 0 radical (unpaired) electrons. The zero-order chi connectivity index (χ0) is 26.8. The van der Waals surface area contributed by atoms with Crippen molar-refractivity contribution in [3.05, 3.63) is 147 Å². The van der Waals surface area contributed by atoms with E-state index < -0.39 is 0 Å². The van der Waals surface area contributed by atoms with E-state index in [1.165, 1.54) is 53.8 Å². The molecule has 1 aliphatic heterocycles. The minimum Gasteiger partial charge on any atom is -0.334 e. The lowest BCUT2D eigenvalue weighted by Crippen LogP contribution is -2.32. The van der Waals surface area contributed by atoms with Crippen LogP contribution in [-0.4, -0.2) is 6.04 Å². The maximum Gasteiger partial charge on any atom is 0.0629 e. The number of fused-ring (bicyclic) bond motifs is 5. The molecule has 3 atom stereocenters. The second-order valence-corrected chi connectivity index (χ2v) is 13.0. The molecule has 0 spiro atoms. The average molecular weight is 522 g/mol. The van der Waals surface area contributed by atoms with Crippen LogP contribution in [0.4, 0.5) is 5.69 Å². The van der Waals surface area contributed by atoms with E-state index in [0.717, 1.165) is 19.3 Å². The number of benzene rings is 1. The Kier molecular flexibility index (Phi) is 5.59. The molecule has 0 saturated heterocycles. The van der Waals surface area contributed by atoms with Gasteiger partial charge in [-0.05, 0) is 113 Å². The molecule has 0 N–H and O–H groups in total. The van der Waals surface area contributed by atoms with Gasteiger partial charge in [-0.1, -0.05) is 98.9 Å².